The molecule has 0 spiro atoms. The molecule has 0 aromatic heterocycles. The van der Waals surface area contributed by atoms with Crippen molar-refractivity contribution in [3.05, 3.63) is 105 Å². The van der Waals surface area contributed by atoms with E-state index in [9.17, 15) is 32.7 Å². The van der Waals surface area contributed by atoms with Crippen molar-refractivity contribution in [1.82, 2.24) is 10.2 Å². The summed E-state index contributed by atoms with van der Waals surface area (Å²) in [7, 11) is 0. The van der Waals surface area contributed by atoms with Crippen molar-refractivity contribution in [2.24, 2.45) is 0 Å². The molecule has 212 valence electrons. The number of carboxylic acid groups (broad SMARTS) is 1. The lowest BCUT2D eigenvalue weighted by molar-refractivity contribution is -0.156. The van der Waals surface area contributed by atoms with Gasteiger partial charge in [0.25, 0.3) is 5.91 Å². The second-order valence-electron chi connectivity index (χ2n) is 9.38. The number of amides is 2. The molecule has 0 aliphatic carbocycles. The molecule has 3 aromatic rings. The van der Waals surface area contributed by atoms with Crippen molar-refractivity contribution in [2.75, 3.05) is 0 Å². The van der Waals surface area contributed by atoms with E-state index in [-0.39, 0.29) is 18.0 Å². The van der Waals surface area contributed by atoms with Gasteiger partial charge in [-0.05, 0) is 53.3 Å². The Hall–Kier alpha value is -3.66. The number of nitrogens with zero attached hydrogens (tertiary/aromatic N) is 1. The minimum Gasteiger partial charge on any atom is -0.474 e. The third kappa shape index (κ3) is 8.67. The second kappa shape index (κ2) is 14.1. The van der Waals surface area contributed by atoms with Gasteiger partial charge in [0, 0.05) is 29.7 Å². The van der Waals surface area contributed by atoms with E-state index in [0.717, 1.165) is 35.8 Å². The van der Waals surface area contributed by atoms with E-state index in [1.54, 1.807) is 0 Å². The maximum absolute atomic E-state index is 13.5. The number of rotatable bonds is 11. The van der Waals surface area contributed by atoms with Crippen LogP contribution < -0.4 is 5.32 Å². The summed E-state index contributed by atoms with van der Waals surface area (Å²) in [5, 5.41) is 12.1. The first-order chi connectivity index (χ1) is 19.0. The van der Waals surface area contributed by atoms with Crippen LogP contribution in [0.3, 0.4) is 0 Å². The third-order valence-corrected chi connectivity index (χ3v) is 7.11. The van der Waals surface area contributed by atoms with Gasteiger partial charge in [0.2, 0.25) is 0 Å². The average molecular weight is 619 g/mol. The zero-order valence-corrected chi connectivity index (χ0v) is 23.5. The monoisotopic (exact) mass is 618 g/mol. The number of hydrogen-bond donors (Lipinski definition) is 2. The highest BCUT2D eigenvalue weighted by molar-refractivity contribution is 9.10. The number of aliphatic carboxylic acids is 1. The van der Waals surface area contributed by atoms with Gasteiger partial charge in [0.1, 0.15) is 0 Å². The van der Waals surface area contributed by atoms with Crippen molar-refractivity contribution >= 4 is 33.7 Å². The van der Waals surface area contributed by atoms with Crippen molar-refractivity contribution in [1.29, 1.82) is 0 Å². The van der Waals surface area contributed by atoms with Gasteiger partial charge in [-0.1, -0.05) is 84.2 Å². The first-order valence-electron chi connectivity index (χ1n) is 12.8. The Labute approximate surface area is 239 Å². The highest BCUT2D eigenvalue weighted by atomic mass is 79.9. The first-order valence-corrected chi connectivity index (χ1v) is 13.6. The molecule has 0 fully saturated rings. The summed E-state index contributed by atoms with van der Waals surface area (Å²) in [6, 6.07) is 17.3. The van der Waals surface area contributed by atoms with E-state index in [0.29, 0.717) is 22.1 Å². The SMILES string of the molecule is CCCCCc1ccc(CNC(=O)c2ccc(CN(Cc3ccccc3C(F)(F)F)C(=O)C(=O)O)c(Br)c2)cc1. The van der Waals surface area contributed by atoms with Gasteiger partial charge in [0.05, 0.1) is 5.56 Å². The number of aryl methyl sites for hydroxylation is 1. The lowest BCUT2D eigenvalue weighted by atomic mass is 10.0. The molecule has 0 aliphatic heterocycles. The van der Waals surface area contributed by atoms with Gasteiger partial charge >= 0.3 is 18.1 Å². The summed E-state index contributed by atoms with van der Waals surface area (Å²) in [5.74, 6) is -3.47. The normalized spacial score (nSPS) is 11.2. The van der Waals surface area contributed by atoms with Crippen LogP contribution in [0.25, 0.3) is 0 Å². The minimum absolute atomic E-state index is 0.231. The van der Waals surface area contributed by atoms with Crippen molar-refractivity contribution in [3.8, 4) is 0 Å². The van der Waals surface area contributed by atoms with Crippen molar-refractivity contribution < 1.29 is 32.7 Å². The number of carboxylic acids is 1. The molecule has 0 radical (unpaired) electrons. The Morgan fingerprint density at radius 1 is 0.900 bits per heavy atom. The first kappa shape index (κ1) is 30.9. The molecule has 2 N–H and O–H groups in total. The van der Waals surface area contributed by atoms with Gasteiger partial charge in [0.15, 0.2) is 0 Å². The van der Waals surface area contributed by atoms with Crippen LogP contribution in [0.5, 0.6) is 0 Å². The average Bonchev–Trinajstić information content (AvgIpc) is 2.92. The van der Waals surface area contributed by atoms with E-state index >= 15 is 0 Å². The number of alkyl halides is 3. The van der Waals surface area contributed by atoms with Gasteiger partial charge in [-0.15, -0.1) is 0 Å². The zero-order valence-electron chi connectivity index (χ0n) is 21.9. The predicted octanol–water partition coefficient (Wildman–Crippen LogP) is 6.74. The maximum atomic E-state index is 13.5. The fourth-order valence-electron chi connectivity index (χ4n) is 4.18. The molecule has 3 aromatic carbocycles. The third-order valence-electron chi connectivity index (χ3n) is 6.38. The molecule has 0 saturated heterocycles. The predicted molar refractivity (Wildman–Crippen MR) is 148 cm³/mol. The van der Waals surface area contributed by atoms with Crippen LogP contribution in [0.1, 0.15) is 64.4 Å². The fourth-order valence-corrected chi connectivity index (χ4v) is 4.69. The van der Waals surface area contributed by atoms with Crippen LogP contribution in [-0.2, 0) is 41.8 Å². The van der Waals surface area contributed by atoms with Crippen LogP contribution in [0, 0.1) is 0 Å². The molecule has 40 heavy (non-hydrogen) atoms. The number of unbranched alkanes of at least 4 members (excludes halogenated alkanes) is 2. The molecular formula is C30H30BrF3N2O4. The van der Waals surface area contributed by atoms with E-state index in [1.165, 1.54) is 48.4 Å². The van der Waals surface area contributed by atoms with E-state index in [2.05, 4.69) is 40.3 Å². The Bertz CT molecular complexity index is 1340. The maximum Gasteiger partial charge on any atom is 0.416 e. The molecular weight excluding hydrogens is 589 g/mol. The van der Waals surface area contributed by atoms with Crippen LogP contribution >= 0.6 is 15.9 Å². The molecule has 0 aliphatic rings. The van der Waals surface area contributed by atoms with Crippen LogP contribution in [0.4, 0.5) is 13.2 Å². The smallest absolute Gasteiger partial charge is 0.416 e. The lowest BCUT2D eigenvalue weighted by Crippen LogP contribution is -2.36. The fraction of sp³-hybridized carbons (Fsp3) is 0.300. The summed E-state index contributed by atoms with van der Waals surface area (Å²) in [4.78, 5) is 37.3. The van der Waals surface area contributed by atoms with Crippen LogP contribution in [0.15, 0.2) is 71.2 Å². The minimum atomic E-state index is -4.67. The summed E-state index contributed by atoms with van der Waals surface area (Å²) >= 11 is 3.35. The standard InChI is InChI=1S/C30H30BrF3N2O4/c1-2-3-4-7-20-10-12-21(13-11-20)17-35-27(37)22-14-15-24(26(31)16-22)19-36(28(38)29(39)40)18-23-8-5-6-9-25(23)30(32,33)34/h5-6,8-16H,2-4,7,17-19H2,1H3,(H,35,37)(H,39,40). The molecule has 10 heteroatoms. The number of carbonyl (C=O) groups excluding carboxylic acids is 2. The summed E-state index contributed by atoms with van der Waals surface area (Å²) < 4.78 is 40.8. The van der Waals surface area contributed by atoms with Crippen molar-refractivity contribution in [2.45, 2.75) is 58.4 Å². The van der Waals surface area contributed by atoms with Crippen LogP contribution in [0.2, 0.25) is 0 Å². The lowest BCUT2D eigenvalue weighted by Gasteiger charge is -2.23. The van der Waals surface area contributed by atoms with Gasteiger partial charge in [-0.3, -0.25) is 9.59 Å². The molecule has 3 rings (SSSR count). The highest BCUT2D eigenvalue weighted by Crippen LogP contribution is 2.33. The summed E-state index contributed by atoms with van der Waals surface area (Å²) in [5.41, 5.74) is 1.77. The molecule has 2 amide bonds. The molecule has 6 nitrogen and oxygen atoms in total. The van der Waals surface area contributed by atoms with E-state index < -0.39 is 30.2 Å². The number of hydrogen-bond acceptors (Lipinski definition) is 3. The Kier molecular flexibility index (Phi) is 10.9. The number of benzene rings is 3. The van der Waals surface area contributed by atoms with Crippen LogP contribution in [-0.4, -0.2) is 27.8 Å². The molecule has 0 saturated carbocycles. The second-order valence-corrected chi connectivity index (χ2v) is 10.2. The quantitative estimate of drug-likeness (QED) is 0.184. The Balaban J connectivity index is 1.69. The molecule has 0 unspecified atom stereocenters. The van der Waals surface area contributed by atoms with Gasteiger partial charge < -0.3 is 15.3 Å². The van der Waals surface area contributed by atoms with Crippen molar-refractivity contribution in [3.63, 3.8) is 0 Å². The summed E-state index contributed by atoms with van der Waals surface area (Å²) in [6.45, 7) is 1.64. The largest absolute Gasteiger partial charge is 0.474 e. The van der Waals surface area contributed by atoms with E-state index in [1.807, 2.05) is 12.1 Å². The van der Waals surface area contributed by atoms with Gasteiger partial charge in [-0.2, -0.15) is 13.2 Å². The van der Waals surface area contributed by atoms with E-state index in [4.69, 9.17) is 0 Å². The number of nitrogens with one attached hydrogen (secondary N) is 1. The zero-order chi connectivity index (χ0) is 29.3. The summed E-state index contributed by atoms with van der Waals surface area (Å²) in [6.07, 6.45) is -0.158. The highest BCUT2D eigenvalue weighted by Gasteiger charge is 2.34. The van der Waals surface area contributed by atoms with Gasteiger partial charge in [-0.25, -0.2) is 4.79 Å². The number of carbonyl (C=O) groups is 3. The Morgan fingerprint density at radius 2 is 1.55 bits per heavy atom. The molecule has 0 bridgehead atoms. The molecule has 0 atom stereocenters. The Morgan fingerprint density at radius 3 is 2.17 bits per heavy atom. The topological polar surface area (TPSA) is 86.7 Å². The molecule has 0 heterocycles. The number of halogens is 4.